The van der Waals surface area contributed by atoms with Gasteiger partial charge in [-0.1, -0.05) is 13.3 Å². The van der Waals surface area contributed by atoms with Crippen LogP contribution in [0.1, 0.15) is 46.5 Å². The molecule has 0 bridgehead atoms. The van der Waals surface area contributed by atoms with E-state index in [0.29, 0.717) is 12.1 Å². The monoisotopic (exact) mass is 198 g/mol. The summed E-state index contributed by atoms with van der Waals surface area (Å²) in [5.74, 6) is 0.978. The Bertz CT molecular complexity index is 152. The molecule has 0 aromatic heterocycles. The Morgan fingerprint density at radius 2 is 2.00 bits per heavy atom. The molecule has 0 aromatic rings. The van der Waals surface area contributed by atoms with E-state index in [4.69, 9.17) is 5.73 Å². The van der Waals surface area contributed by atoms with Crippen LogP contribution in [0.15, 0.2) is 0 Å². The third-order valence-corrected chi connectivity index (χ3v) is 3.05. The van der Waals surface area contributed by atoms with Crippen LogP contribution in [-0.4, -0.2) is 30.1 Å². The van der Waals surface area contributed by atoms with Gasteiger partial charge in [0.2, 0.25) is 0 Å². The van der Waals surface area contributed by atoms with E-state index in [2.05, 4.69) is 25.7 Å². The molecule has 14 heavy (non-hydrogen) atoms. The molecule has 1 fully saturated rings. The highest BCUT2D eigenvalue weighted by atomic mass is 15.2. The molecule has 1 saturated carbocycles. The van der Waals surface area contributed by atoms with Gasteiger partial charge in [-0.05, 0) is 39.0 Å². The molecule has 1 unspecified atom stereocenters. The van der Waals surface area contributed by atoms with E-state index >= 15 is 0 Å². The fraction of sp³-hybridized carbons (Fsp3) is 1.00. The lowest BCUT2D eigenvalue weighted by Gasteiger charge is -2.29. The summed E-state index contributed by atoms with van der Waals surface area (Å²) in [6.45, 7) is 9.12. The van der Waals surface area contributed by atoms with E-state index in [9.17, 15) is 0 Å². The summed E-state index contributed by atoms with van der Waals surface area (Å²) in [5.41, 5.74) is 6.08. The number of hydrogen-bond donors (Lipinski definition) is 1. The van der Waals surface area contributed by atoms with Crippen LogP contribution < -0.4 is 5.73 Å². The maximum atomic E-state index is 6.08. The highest BCUT2D eigenvalue weighted by Crippen LogP contribution is 2.30. The van der Waals surface area contributed by atoms with E-state index in [1.54, 1.807) is 0 Å². The summed E-state index contributed by atoms with van der Waals surface area (Å²) < 4.78 is 0. The first-order chi connectivity index (χ1) is 6.63. The largest absolute Gasteiger partial charge is 0.327 e. The molecule has 2 nitrogen and oxygen atoms in total. The van der Waals surface area contributed by atoms with Crippen LogP contribution in [0, 0.1) is 5.92 Å². The van der Waals surface area contributed by atoms with Crippen LogP contribution in [0.5, 0.6) is 0 Å². The number of hydrogen-bond acceptors (Lipinski definition) is 2. The smallest absolute Gasteiger partial charge is 0.0167 e. The summed E-state index contributed by atoms with van der Waals surface area (Å²) in [6.07, 6.45) is 5.24. The SMILES string of the molecule is CCCC(N)CN(CC1CC1)C(C)C. The van der Waals surface area contributed by atoms with Crippen LogP contribution in [0.2, 0.25) is 0 Å². The number of rotatable bonds is 7. The third kappa shape index (κ3) is 4.43. The predicted molar refractivity (Wildman–Crippen MR) is 62.3 cm³/mol. The minimum Gasteiger partial charge on any atom is -0.327 e. The fourth-order valence-corrected chi connectivity index (χ4v) is 1.89. The van der Waals surface area contributed by atoms with Crippen molar-refractivity contribution in [2.75, 3.05) is 13.1 Å². The molecular weight excluding hydrogens is 172 g/mol. The Kier molecular flexibility index (Phi) is 4.90. The second-order valence-corrected chi connectivity index (χ2v) is 5.04. The molecule has 84 valence electrons. The average Bonchev–Trinajstić information content (AvgIpc) is 2.87. The summed E-state index contributed by atoms with van der Waals surface area (Å²) >= 11 is 0. The normalized spacial score (nSPS) is 19.3. The Morgan fingerprint density at radius 1 is 1.36 bits per heavy atom. The van der Waals surface area contributed by atoms with Crippen molar-refractivity contribution in [3.8, 4) is 0 Å². The van der Waals surface area contributed by atoms with Gasteiger partial charge < -0.3 is 5.73 Å². The van der Waals surface area contributed by atoms with Crippen LogP contribution in [0.25, 0.3) is 0 Å². The van der Waals surface area contributed by atoms with E-state index in [-0.39, 0.29) is 0 Å². The van der Waals surface area contributed by atoms with Crippen LogP contribution >= 0.6 is 0 Å². The van der Waals surface area contributed by atoms with Crippen molar-refractivity contribution in [1.82, 2.24) is 4.90 Å². The number of nitrogens with two attached hydrogens (primary N) is 1. The molecule has 0 aliphatic heterocycles. The molecule has 1 aliphatic carbocycles. The lowest BCUT2D eigenvalue weighted by Crippen LogP contribution is -2.42. The van der Waals surface area contributed by atoms with E-state index in [0.717, 1.165) is 18.9 Å². The Morgan fingerprint density at radius 3 is 2.43 bits per heavy atom. The fourth-order valence-electron chi connectivity index (χ4n) is 1.89. The average molecular weight is 198 g/mol. The molecule has 0 amide bonds. The first kappa shape index (κ1) is 12.0. The summed E-state index contributed by atoms with van der Waals surface area (Å²) in [4.78, 5) is 2.55. The van der Waals surface area contributed by atoms with Crippen molar-refractivity contribution < 1.29 is 0 Å². The standard InChI is InChI=1S/C12H26N2/c1-4-5-12(13)9-14(10(2)3)8-11-6-7-11/h10-12H,4-9,13H2,1-3H3. The number of nitrogens with zero attached hydrogens (tertiary/aromatic N) is 1. The van der Waals surface area contributed by atoms with E-state index in [1.807, 2.05) is 0 Å². The van der Waals surface area contributed by atoms with E-state index in [1.165, 1.54) is 25.8 Å². The minimum atomic E-state index is 0.376. The van der Waals surface area contributed by atoms with Gasteiger partial charge in [0.15, 0.2) is 0 Å². The zero-order chi connectivity index (χ0) is 10.6. The van der Waals surface area contributed by atoms with Crippen LogP contribution in [0.3, 0.4) is 0 Å². The second kappa shape index (κ2) is 5.72. The van der Waals surface area contributed by atoms with Crippen molar-refractivity contribution in [3.05, 3.63) is 0 Å². The summed E-state index contributed by atoms with van der Waals surface area (Å²) in [7, 11) is 0. The molecule has 1 aliphatic rings. The molecule has 2 N–H and O–H groups in total. The molecule has 1 atom stereocenters. The van der Waals surface area contributed by atoms with Gasteiger partial charge in [-0.25, -0.2) is 0 Å². The topological polar surface area (TPSA) is 29.3 Å². The lowest BCUT2D eigenvalue weighted by molar-refractivity contribution is 0.197. The van der Waals surface area contributed by atoms with Gasteiger partial charge >= 0.3 is 0 Å². The Labute approximate surface area is 88.8 Å². The van der Waals surface area contributed by atoms with Gasteiger partial charge in [0, 0.05) is 25.2 Å². The maximum Gasteiger partial charge on any atom is 0.0167 e. The van der Waals surface area contributed by atoms with Crippen molar-refractivity contribution in [2.45, 2.75) is 58.5 Å². The van der Waals surface area contributed by atoms with Gasteiger partial charge in [-0.15, -0.1) is 0 Å². The summed E-state index contributed by atoms with van der Waals surface area (Å²) in [6, 6.07) is 1.03. The lowest BCUT2D eigenvalue weighted by atomic mass is 10.1. The first-order valence-corrected chi connectivity index (χ1v) is 6.13. The molecule has 0 aromatic carbocycles. The Hall–Kier alpha value is -0.0800. The third-order valence-electron chi connectivity index (χ3n) is 3.05. The predicted octanol–water partition coefficient (Wildman–Crippen LogP) is 2.23. The Balaban J connectivity index is 2.25. The van der Waals surface area contributed by atoms with Gasteiger partial charge in [0.1, 0.15) is 0 Å². The zero-order valence-corrected chi connectivity index (χ0v) is 10.00. The minimum absolute atomic E-state index is 0.376. The molecule has 1 rings (SSSR count). The molecule has 0 heterocycles. The zero-order valence-electron chi connectivity index (χ0n) is 10.00. The van der Waals surface area contributed by atoms with Crippen LogP contribution in [-0.2, 0) is 0 Å². The molecule has 0 radical (unpaired) electrons. The highest BCUT2D eigenvalue weighted by molar-refractivity contribution is 4.80. The van der Waals surface area contributed by atoms with Gasteiger partial charge in [-0.3, -0.25) is 4.90 Å². The second-order valence-electron chi connectivity index (χ2n) is 5.04. The quantitative estimate of drug-likeness (QED) is 0.680. The van der Waals surface area contributed by atoms with Crippen molar-refractivity contribution in [1.29, 1.82) is 0 Å². The highest BCUT2D eigenvalue weighted by Gasteiger charge is 2.25. The van der Waals surface area contributed by atoms with Crippen LogP contribution in [0.4, 0.5) is 0 Å². The molecule has 0 spiro atoms. The molecule has 2 heteroatoms. The van der Waals surface area contributed by atoms with Crippen molar-refractivity contribution in [3.63, 3.8) is 0 Å². The van der Waals surface area contributed by atoms with Gasteiger partial charge in [0.25, 0.3) is 0 Å². The molecule has 0 saturated heterocycles. The summed E-state index contributed by atoms with van der Waals surface area (Å²) in [5, 5.41) is 0. The van der Waals surface area contributed by atoms with Gasteiger partial charge in [-0.2, -0.15) is 0 Å². The maximum absolute atomic E-state index is 6.08. The van der Waals surface area contributed by atoms with Crippen molar-refractivity contribution >= 4 is 0 Å². The molecular formula is C12H26N2. The van der Waals surface area contributed by atoms with Crippen molar-refractivity contribution in [2.24, 2.45) is 11.7 Å². The van der Waals surface area contributed by atoms with Gasteiger partial charge in [0.05, 0.1) is 0 Å². The first-order valence-electron chi connectivity index (χ1n) is 6.13. The van der Waals surface area contributed by atoms with E-state index < -0.39 is 0 Å².